The lowest BCUT2D eigenvalue weighted by molar-refractivity contribution is -0.134. The van der Waals surface area contributed by atoms with Crippen LogP contribution < -0.4 is 16.0 Å². The van der Waals surface area contributed by atoms with Gasteiger partial charge in [0.15, 0.2) is 0 Å². The molecule has 104 valence electrons. The Kier molecular flexibility index (Phi) is 6.12. The molecular weight excluding hydrogens is 230 g/mol. The second-order valence-corrected chi connectivity index (χ2v) is 4.98. The molecule has 0 spiro atoms. The van der Waals surface area contributed by atoms with Crippen molar-refractivity contribution in [1.82, 2.24) is 16.0 Å². The third kappa shape index (κ3) is 3.98. The number of carbonyl (C=O) groups excluding carboxylic acids is 2. The summed E-state index contributed by atoms with van der Waals surface area (Å²) >= 11 is 0. The zero-order valence-corrected chi connectivity index (χ0v) is 11.5. The SMILES string of the molecule is CCCNC(=O)C1(NC(=O)CNC)CCCCC1. The molecule has 18 heavy (non-hydrogen) atoms. The van der Waals surface area contributed by atoms with Crippen LogP contribution in [0.5, 0.6) is 0 Å². The molecule has 0 bridgehead atoms. The van der Waals surface area contributed by atoms with Crippen LogP contribution in [0.15, 0.2) is 0 Å². The van der Waals surface area contributed by atoms with Gasteiger partial charge in [0.1, 0.15) is 5.54 Å². The molecule has 5 nitrogen and oxygen atoms in total. The quantitative estimate of drug-likeness (QED) is 0.649. The van der Waals surface area contributed by atoms with Crippen LogP contribution in [0.3, 0.4) is 0 Å². The fraction of sp³-hybridized carbons (Fsp3) is 0.846. The Morgan fingerprint density at radius 2 is 1.83 bits per heavy atom. The van der Waals surface area contributed by atoms with E-state index in [1.54, 1.807) is 7.05 Å². The minimum Gasteiger partial charge on any atom is -0.354 e. The van der Waals surface area contributed by atoms with Crippen molar-refractivity contribution in [2.24, 2.45) is 0 Å². The van der Waals surface area contributed by atoms with Gasteiger partial charge >= 0.3 is 0 Å². The van der Waals surface area contributed by atoms with Crippen molar-refractivity contribution in [2.75, 3.05) is 20.1 Å². The molecule has 0 saturated heterocycles. The number of nitrogens with one attached hydrogen (secondary N) is 3. The van der Waals surface area contributed by atoms with Crippen LogP contribution in [-0.2, 0) is 9.59 Å². The highest BCUT2D eigenvalue weighted by atomic mass is 16.2. The lowest BCUT2D eigenvalue weighted by atomic mass is 9.80. The summed E-state index contributed by atoms with van der Waals surface area (Å²) in [4.78, 5) is 24.0. The van der Waals surface area contributed by atoms with Gasteiger partial charge in [-0.1, -0.05) is 26.2 Å². The monoisotopic (exact) mass is 255 g/mol. The molecule has 0 aromatic rings. The summed E-state index contributed by atoms with van der Waals surface area (Å²) in [6.07, 6.45) is 5.55. The Bertz CT molecular complexity index is 286. The van der Waals surface area contributed by atoms with E-state index in [9.17, 15) is 9.59 Å². The summed E-state index contributed by atoms with van der Waals surface area (Å²) in [6.45, 7) is 2.94. The summed E-state index contributed by atoms with van der Waals surface area (Å²) in [7, 11) is 1.73. The zero-order chi connectivity index (χ0) is 13.4. The standard InChI is InChI=1S/C13H25N3O2/c1-3-9-15-12(18)13(7-5-4-6-8-13)16-11(17)10-14-2/h14H,3-10H2,1-2H3,(H,15,18)(H,16,17). The van der Waals surface area contributed by atoms with Crippen LogP contribution in [0.1, 0.15) is 45.4 Å². The van der Waals surface area contributed by atoms with Gasteiger partial charge < -0.3 is 16.0 Å². The van der Waals surface area contributed by atoms with Gasteiger partial charge in [-0.25, -0.2) is 0 Å². The maximum atomic E-state index is 12.3. The van der Waals surface area contributed by atoms with Crippen LogP contribution in [0.25, 0.3) is 0 Å². The number of likely N-dealkylation sites (N-methyl/N-ethyl adjacent to an activating group) is 1. The largest absolute Gasteiger partial charge is 0.354 e. The third-order valence-corrected chi connectivity index (χ3v) is 3.39. The first-order valence-electron chi connectivity index (χ1n) is 6.88. The average molecular weight is 255 g/mol. The number of hydrogen-bond acceptors (Lipinski definition) is 3. The lowest BCUT2D eigenvalue weighted by Crippen LogP contribution is -2.60. The molecule has 1 aliphatic carbocycles. The molecule has 0 aliphatic heterocycles. The van der Waals surface area contributed by atoms with E-state index in [1.807, 2.05) is 6.92 Å². The number of rotatable bonds is 6. The molecule has 2 amide bonds. The second kappa shape index (κ2) is 7.36. The average Bonchev–Trinajstić information content (AvgIpc) is 2.37. The summed E-state index contributed by atoms with van der Waals surface area (Å²) in [5, 5.41) is 8.66. The summed E-state index contributed by atoms with van der Waals surface area (Å²) in [6, 6.07) is 0. The van der Waals surface area contributed by atoms with Gasteiger partial charge in [-0.3, -0.25) is 9.59 Å². The van der Waals surface area contributed by atoms with Crippen LogP contribution in [0.4, 0.5) is 0 Å². The van der Waals surface area contributed by atoms with E-state index >= 15 is 0 Å². The Balaban J connectivity index is 2.68. The Hall–Kier alpha value is -1.10. The van der Waals surface area contributed by atoms with Gasteiger partial charge in [-0.05, 0) is 26.3 Å². The smallest absolute Gasteiger partial charge is 0.245 e. The highest BCUT2D eigenvalue weighted by molar-refractivity contribution is 5.92. The Labute approximate surface area is 109 Å². The first-order valence-corrected chi connectivity index (χ1v) is 6.88. The maximum absolute atomic E-state index is 12.3. The number of carbonyl (C=O) groups is 2. The third-order valence-electron chi connectivity index (χ3n) is 3.39. The van der Waals surface area contributed by atoms with Crippen molar-refractivity contribution < 1.29 is 9.59 Å². The van der Waals surface area contributed by atoms with E-state index in [0.717, 1.165) is 38.5 Å². The highest BCUT2D eigenvalue weighted by Gasteiger charge is 2.40. The molecule has 1 saturated carbocycles. The molecular formula is C13H25N3O2. The van der Waals surface area contributed by atoms with Gasteiger partial charge in [-0.2, -0.15) is 0 Å². The zero-order valence-electron chi connectivity index (χ0n) is 11.5. The fourth-order valence-corrected chi connectivity index (χ4v) is 2.44. The van der Waals surface area contributed by atoms with Crippen LogP contribution in [0.2, 0.25) is 0 Å². The Morgan fingerprint density at radius 3 is 2.39 bits per heavy atom. The van der Waals surface area contributed by atoms with Crippen molar-refractivity contribution in [3.63, 3.8) is 0 Å². The molecule has 1 fully saturated rings. The summed E-state index contributed by atoms with van der Waals surface area (Å²) < 4.78 is 0. The molecule has 1 rings (SSSR count). The van der Waals surface area contributed by atoms with E-state index in [2.05, 4.69) is 16.0 Å². The first kappa shape index (κ1) is 15.0. The summed E-state index contributed by atoms with van der Waals surface area (Å²) in [5.41, 5.74) is -0.679. The molecule has 0 aromatic heterocycles. The van der Waals surface area contributed by atoms with Crippen molar-refractivity contribution in [1.29, 1.82) is 0 Å². The van der Waals surface area contributed by atoms with Gasteiger partial charge in [-0.15, -0.1) is 0 Å². The lowest BCUT2D eigenvalue weighted by Gasteiger charge is -2.36. The molecule has 1 aliphatic rings. The van der Waals surface area contributed by atoms with Crippen LogP contribution in [-0.4, -0.2) is 37.5 Å². The Morgan fingerprint density at radius 1 is 1.17 bits per heavy atom. The molecule has 0 radical (unpaired) electrons. The minimum absolute atomic E-state index is 0.0199. The fourth-order valence-electron chi connectivity index (χ4n) is 2.44. The first-order chi connectivity index (χ1) is 8.64. The summed E-state index contributed by atoms with van der Waals surface area (Å²) in [5.74, 6) is -0.125. The molecule has 0 unspecified atom stereocenters. The minimum atomic E-state index is -0.679. The maximum Gasteiger partial charge on any atom is 0.245 e. The van der Waals surface area contributed by atoms with Gasteiger partial charge in [0.2, 0.25) is 11.8 Å². The van der Waals surface area contributed by atoms with Crippen LogP contribution in [0, 0.1) is 0 Å². The van der Waals surface area contributed by atoms with E-state index in [4.69, 9.17) is 0 Å². The molecule has 5 heteroatoms. The van der Waals surface area contributed by atoms with E-state index in [1.165, 1.54) is 0 Å². The van der Waals surface area contributed by atoms with Crippen molar-refractivity contribution in [3.8, 4) is 0 Å². The predicted molar refractivity (Wildman–Crippen MR) is 71.2 cm³/mol. The number of hydrogen-bond donors (Lipinski definition) is 3. The number of amides is 2. The topological polar surface area (TPSA) is 70.2 Å². The predicted octanol–water partition coefficient (Wildman–Crippen LogP) is 0.551. The molecule has 0 atom stereocenters. The normalized spacial score (nSPS) is 18.1. The van der Waals surface area contributed by atoms with Crippen molar-refractivity contribution >= 4 is 11.8 Å². The van der Waals surface area contributed by atoms with Crippen molar-refractivity contribution in [2.45, 2.75) is 51.0 Å². The van der Waals surface area contributed by atoms with Crippen molar-refractivity contribution in [3.05, 3.63) is 0 Å². The van der Waals surface area contributed by atoms with Crippen LogP contribution >= 0.6 is 0 Å². The van der Waals surface area contributed by atoms with E-state index in [-0.39, 0.29) is 18.4 Å². The second-order valence-electron chi connectivity index (χ2n) is 4.98. The van der Waals surface area contributed by atoms with Gasteiger partial charge in [0, 0.05) is 6.54 Å². The van der Waals surface area contributed by atoms with E-state index < -0.39 is 5.54 Å². The van der Waals surface area contributed by atoms with Gasteiger partial charge in [0.05, 0.1) is 6.54 Å². The highest BCUT2D eigenvalue weighted by Crippen LogP contribution is 2.28. The molecule has 0 heterocycles. The molecule has 0 aromatic carbocycles. The molecule has 3 N–H and O–H groups in total. The van der Waals surface area contributed by atoms with Gasteiger partial charge in [0.25, 0.3) is 0 Å². The van der Waals surface area contributed by atoms with E-state index in [0.29, 0.717) is 6.54 Å².